The fourth-order valence-corrected chi connectivity index (χ4v) is 2.19. The standard InChI is InChI=1S/C18H24N4O2/c1-12(2)9-19-17(23)15-11-21-18(22-13(15)3)20-10-14-7-5-6-8-16(14)24-4/h5-8,11-12H,9-10H2,1-4H3,(H,19,23)(H,20,21,22). The van der Waals surface area contributed by atoms with E-state index < -0.39 is 0 Å². The summed E-state index contributed by atoms with van der Waals surface area (Å²) in [5.41, 5.74) is 2.16. The van der Waals surface area contributed by atoms with Crippen LogP contribution in [-0.2, 0) is 6.54 Å². The van der Waals surface area contributed by atoms with E-state index in [9.17, 15) is 4.79 Å². The van der Waals surface area contributed by atoms with Crippen molar-refractivity contribution in [2.45, 2.75) is 27.3 Å². The van der Waals surface area contributed by atoms with Gasteiger partial charge in [0.25, 0.3) is 5.91 Å². The number of carbonyl (C=O) groups excluding carboxylic acids is 1. The number of aromatic nitrogens is 2. The molecule has 0 saturated heterocycles. The average molecular weight is 328 g/mol. The van der Waals surface area contributed by atoms with Gasteiger partial charge < -0.3 is 15.4 Å². The van der Waals surface area contributed by atoms with Crippen LogP contribution in [0.1, 0.15) is 35.5 Å². The molecule has 0 unspecified atom stereocenters. The number of carbonyl (C=O) groups is 1. The van der Waals surface area contributed by atoms with E-state index in [4.69, 9.17) is 4.74 Å². The number of methoxy groups -OCH3 is 1. The second-order valence-electron chi connectivity index (χ2n) is 5.96. The molecule has 0 aliphatic carbocycles. The second-order valence-corrected chi connectivity index (χ2v) is 5.96. The minimum atomic E-state index is -0.141. The van der Waals surface area contributed by atoms with E-state index in [1.165, 1.54) is 0 Å². The number of amides is 1. The van der Waals surface area contributed by atoms with Gasteiger partial charge in [0.1, 0.15) is 5.75 Å². The van der Waals surface area contributed by atoms with E-state index >= 15 is 0 Å². The van der Waals surface area contributed by atoms with E-state index in [2.05, 4.69) is 34.4 Å². The predicted octanol–water partition coefficient (Wildman–Crippen LogP) is 2.79. The maximum Gasteiger partial charge on any atom is 0.254 e. The molecule has 2 rings (SSSR count). The highest BCUT2D eigenvalue weighted by Gasteiger charge is 2.12. The zero-order chi connectivity index (χ0) is 17.5. The number of nitrogens with zero attached hydrogens (tertiary/aromatic N) is 2. The van der Waals surface area contributed by atoms with Crippen molar-refractivity contribution in [2.24, 2.45) is 5.92 Å². The summed E-state index contributed by atoms with van der Waals surface area (Å²) < 4.78 is 5.32. The summed E-state index contributed by atoms with van der Waals surface area (Å²) in [6, 6.07) is 7.76. The molecule has 6 heteroatoms. The largest absolute Gasteiger partial charge is 0.496 e. The van der Waals surface area contributed by atoms with Crippen molar-refractivity contribution in [3.63, 3.8) is 0 Å². The fraction of sp³-hybridized carbons (Fsp3) is 0.389. The highest BCUT2D eigenvalue weighted by molar-refractivity contribution is 5.94. The molecular weight excluding hydrogens is 304 g/mol. The van der Waals surface area contributed by atoms with Gasteiger partial charge in [-0.15, -0.1) is 0 Å². The summed E-state index contributed by atoms with van der Waals surface area (Å²) in [7, 11) is 1.64. The van der Waals surface area contributed by atoms with Crippen LogP contribution in [0.2, 0.25) is 0 Å². The highest BCUT2D eigenvalue weighted by atomic mass is 16.5. The smallest absolute Gasteiger partial charge is 0.254 e. The third kappa shape index (κ3) is 4.68. The van der Waals surface area contributed by atoms with Crippen LogP contribution in [0.3, 0.4) is 0 Å². The summed E-state index contributed by atoms with van der Waals surface area (Å²) in [6.07, 6.45) is 1.56. The van der Waals surface area contributed by atoms with Gasteiger partial charge in [0.05, 0.1) is 18.4 Å². The molecule has 24 heavy (non-hydrogen) atoms. The molecule has 0 aliphatic heterocycles. The molecule has 0 radical (unpaired) electrons. The van der Waals surface area contributed by atoms with Crippen LogP contribution in [0.25, 0.3) is 0 Å². The summed E-state index contributed by atoms with van der Waals surface area (Å²) in [4.78, 5) is 20.7. The minimum Gasteiger partial charge on any atom is -0.496 e. The quantitative estimate of drug-likeness (QED) is 0.817. The lowest BCUT2D eigenvalue weighted by Crippen LogP contribution is -2.28. The number of benzene rings is 1. The van der Waals surface area contributed by atoms with Crippen LogP contribution in [0.15, 0.2) is 30.5 Å². The maximum absolute atomic E-state index is 12.1. The molecule has 2 aromatic rings. The zero-order valence-corrected chi connectivity index (χ0v) is 14.6. The van der Waals surface area contributed by atoms with Gasteiger partial charge in [-0.1, -0.05) is 32.0 Å². The number of hydrogen-bond donors (Lipinski definition) is 2. The van der Waals surface area contributed by atoms with Crippen LogP contribution in [-0.4, -0.2) is 29.5 Å². The van der Waals surface area contributed by atoms with Crippen molar-refractivity contribution in [3.05, 3.63) is 47.3 Å². The Kier molecular flexibility index (Phi) is 6.12. The van der Waals surface area contributed by atoms with Crippen molar-refractivity contribution in [1.29, 1.82) is 0 Å². The van der Waals surface area contributed by atoms with Crippen molar-refractivity contribution in [1.82, 2.24) is 15.3 Å². The molecule has 0 saturated carbocycles. The molecule has 1 aromatic heterocycles. The average Bonchev–Trinajstić information content (AvgIpc) is 2.58. The maximum atomic E-state index is 12.1. The monoisotopic (exact) mass is 328 g/mol. The molecule has 0 fully saturated rings. The lowest BCUT2D eigenvalue weighted by atomic mass is 10.2. The Balaban J connectivity index is 2.03. The van der Waals surface area contributed by atoms with Gasteiger partial charge in [-0.05, 0) is 18.9 Å². The van der Waals surface area contributed by atoms with Gasteiger partial charge in [0, 0.05) is 24.8 Å². The van der Waals surface area contributed by atoms with Crippen molar-refractivity contribution >= 4 is 11.9 Å². The third-order valence-electron chi connectivity index (χ3n) is 3.52. The van der Waals surface area contributed by atoms with Gasteiger partial charge in [0.2, 0.25) is 5.95 Å². The Morgan fingerprint density at radius 2 is 2.04 bits per heavy atom. The summed E-state index contributed by atoms with van der Waals surface area (Å²) >= 11 is 0. The predicted molar refractivity (Wildman–Crippen MR) is 94.3 cm³/mol. The van der Waals surface area contributed by atoms with Crippen molar-refractivity contribution in [3.8, 4) is 5.75 Å². The molecule has 0 spiro atoms. The second kappa shape index (κ2) is 8.29. The van der Waals surface area contributed by atoms with Crippen molar-refractivity contribution < 1.29 is 9.53 Å². The number of aryl methyl sites for hydroxylation is 1. The number of ether oxygens (including phenoxy) is 1. The normalized spacial score (nSPS) is 10.5. The first-order valence-corrected chi connectivity index (χ1v) is 7.99. The Labute approximate surface area is 142 Å². The van der Waals surface area contributed by atoms with E-state index in [1.54, 1.807) is 20.2 Å². The van der Waals surface area contributed by atoms with Crippen LogP contribution < -0.4 is 15.4 Å². The van der Waals surface area contributed by atoms with E-state index in [0.29, 0.717) is 36.2 Å². The minimum absolute atomic E-state index is 0.141. The van der Waals surface area contributed by atoms with Gasteiger partial charge >= 0.3 is 0 Å². The molecule has 2 N–H and O–H groups in total. The summed E-state index contributed by atoms with van der Waals surface area (Å²) in [6.45, 7) is 7.08. The molecule has 1 aromatic carbocycles. The molecule has 0 atom stereocenters. The number of nitrogens with one attached hydrogen (secondary N) is 2. The topological polar surface area (TPSA) is 76.1 Å². The first-order valence-electron chi connectivity index (χ1n) is 7.99. The van der Waals surface area contributed by atoms with Gasteiger partial charge in [-0.25, -0.2) is 9.97 Å². The SMILES string of the molecule is COc1ccccc1CNc1ncc(C(=O)NCC(C)C)c(C)n1. The van der Waals surface area contributed by atoms with E-state index in [0.717, 1.165) is 11.3 Å². The summed E-state index contributed by atoms with van der Waals surface area (Å²) in [5, 5.41) is 6.03. The fourth-order valence-electron chi connectivity index (χ4n) is 2.19. The van der Waals surface area contributed by atoms with Gasteiger partial charge in [0.15, 0.2) is 0 Å². The van der Waals surface area contributed by atoms with Crippen molar-refractivity contribution in [2.75, 3.05) is 19.0 Å². The number of anilines is 1. The third-order valence-corrected chi connectivity index (χ3v) is 3.52. The number of rotatable bonds is 7. The lowest BCUT2D eigenvalue weighted by Gasteiger charge is -2.11. The van der Waals surface area contributed by atoms with Crippen LogP contribution >= 0.6 is 0 Å². The van der Waals surface area contributed by atoms with Gasteiger partial charge in [-0.2, -0.15) is 0 Å². The molecule has 128 valence electrons. The zero-order valence-electron chi connectivity index (χ0n) is 14.6. The number of para-hydroxylation sites is 1. The molecular formula is C18H24N4O2. The molecule has 6 nitrogen and oxygen atoms in total. The number of hydrogen-bond acceptors (Lipinski definition) is 5. The highest BCUT2D eigenvalue weighted by Crippen LogP contribution is 2.18. The van der Waals surface area contributed by atoms with Crippen LogP contribution in [0, 0.1) is 12.8 Å². The Hall–Kier alpha value is -2.63. The van der Waals surface area contributed by atoms with E-state index in [1.807, 2.05) is 24.3 Å². The Morgan fingerprint density at radius 3 is 2.71 bits per heavy atom. The summed E-state index contributed by atoms with van der Waals surface area (Å²) in [5.74, 6) is 1.56. The van der Waals surface area contributed by atoms with Gasteiger partial charge in [-0.3, -0.25) is 4.79 Å². The lowest BCUT2D eigenvalue weighted by molar-refractivity contribution is 0.0947. The van der Waals surface area contributed by atoms with Crippen LogP contribution in [0.5, 0.6) is 5.75 Å². The molecule has 1 amide bonds. The molecule has 0 aliphatic rings. The Bertz CT molecular complexity index is 701. The Morgan fingerprint density at radius 1 is 1.29 bits per heavy atom. The molecule has 1 heterocycles. The van der Waals surface area contributed by atoms with Crippen LogP contribution in [0.4, 0.5) is 5.95 Å². The molecule has 0 bridgehead atoms. The first-order chi connectivity index (χ1) is 11.5. The van der Waals surface area contributed by atoms with E-state index in [-0.39, 0.29) is 5.91 Å². The first kappa shape index (κ1) is 17.7.